The molecule has 0 aliphatic carbocycles. The highest BCUT2D eigenvalue weighted by Gasteiger charge is 2.23. The first-order valence-corrected chi connectivity index (χ1v) is 4.20. The summed E-state index contributed by atoms with van der Waals surface area (Å²) in [7, 11) is 0. The predicted molar refractivity (Wildman–Crippen MR) is 45.7 cm³/mol. The van der Waals surface area contributed by atoms with Crippen LogP contribution in [0.1, 0.15) is 19.8 Å². The van der Waals surface area contributed by atoms with Crippen molar-refractivity contribution in [2.75, 3.05) is 6.61 Å². The lowest BCUT2D eigenvalue weighted by molar-refractivity contribution is -0.798. The molecule has 9 heteroatoms. The van der Waals surface area contributed by atoms with Gasteiger partial charge < -0.3 is 14.8 Å². The van der Waals surface area contributed by atoms with Gasteiger partial charge in [0.05, 0.1) is 0 Å². The molecule has 0 amide bonds. The maximum Gasteiger partial charge on any atom is 0.294 e. The standard InChI is InChI=1S/C6H12N2O7/c1-5(14-7(10)11)6(3-2-4-9)15-8(12)13/h5-6,9H,2-4H2,1H3. The number of hydrogen-bond donors (Lipinski definition) is 1. The van der Waals surface area contributed by atoms with Crippen molar-refractivity contribution in [3.05, 3.63) is 20.2 Å². The van der Waals surface area contributed by atoms with Crippen LogP contribution in [-0.4, -0.2) is 34.1 Å². The van der Waals surface area contributed by atoms with E-state index in [1.54, 1.807) is 0 Å². The highest BCUT2D eigenvalue weighted by molar-refractivity contribution is 4.63. The van der Waals surface area contributed by atoms with Gasteiger partial charge in [0.1, 0.15) is 12.2 Å². The molecule has 0 aromatic heterocycles. The molecule has 0 fully saturated rings. The fourth-order valence-corrected chi connectivity index (χ4v) is 0.980. The van der Waals surface area contributed by atoms with E-state index in [2.05, 4.69) is 9.68 Å². The SMILES string of the molecule is CC(O[N+](=O)[O-])C(CCCO)O[N+](=O)[O-]. The van der Waals surface area contributed by atoms with Crippen LogP contribution < -0.4 is 0 Å². The number of aliphatic hydroxyl groups excluding tert-OH is 1. The van der Waals surface area contributed by atoms with Gasteiger partial charge in [-0.15, -0.1) is 20.2 Å². The van der Waals surface area contributed by atoms with E-state index in [4.69, 9.17) is 5.11 Å². The van der Waals surface area contributed by atoms with Gasteiger partial charge in [0, 0.05) is 6.61 Å². The second-order valence-corrected chi connectivity index (χ2v) is 2.77. The zero-order valence-electron chi connectivity index (χ0n) is 8.07. The summed E-state index contributed by atoms with van der Waals surface area (Å²) in [5, 5.41) is 26.5. The van der Waals surface area contributed by atoms with Crippen molar-refractivity contribution in [2.24, 2.45) is 0 Å². The molecule has 0 aromatic carbocycles. The van der Waals surface area contributed by atoms with Crippen LogP contribution in [-0.2, 0) is 9.68 Å². The maximum absolute atomic E-state index is 10.1. The third-order valence-electron chi connectivity index (χ3n) is 1.64. The second-order valence-electron chi connectivity index (χ2n) is 2.77. The lowest BCUT2D eigenvalue weighted by atomic mass is 10.1. The van der Waals surface area contributed by atoms with Crippen LogP contribution in [0.3, 0.4) is 0 Å². The Hall–Kier alpha value is -1.64. The summed E-state index contributed by atoms with van der Waals surface area (Å²) >= 11 is 0. The Balaban J connectivity index is 4.19. The molecule has 0 saturated heterocycles. The molecule has 9 nitrogen and oxygen atoms in total. The van der Waals surface area contributed by atoms with Gasteiger partial charge in [-0.05, 0) is 19.8 Å². The van der Waals surface area contributed by atoms with Gasteiger partial charge in [0.25, 0.3) is 10.2 Å². The lowest BCUT2D eigenvalue weighted by Crippen LogP contribution is -2.33. The van der Waals surface area contributed by atoms with Crippen LogP contribution >= 0.6 is 0 Å². The molecule has 2 atom stereocenters. The Morgan fingerprint density at radius 2 is 1.80 bits per heavy atom. The molecule has 2 unspecified atom stereocenters. The van der Waals surface area contributed by atoms with Gasteiger partial charge >= 0.3 is 0 Å². The van der Waals surface area contributed by atoms with Crippen LogP contribution in [0.4, 0.5) is 0 Å². The monoisotopic (exact) mass is 224 g/mol. The number of aliphatic hydroxyl groups is 1. The normalized spacial score (nSPS) is 14.0. The van der Waals surface area contributed by atoms with E-state index in [9.17, 15) is 20.2 Å². The Morgan fingerprint density at radius 1 is 1.27 bits per heavy atom. The third-order valence-corrected chi connectivity index (χ3v) is 1.64. The quantitative estimate of drug-likeness (QED) is 0.451. The Labute approximate surface area is 84.8 Å². The summed E-state index contributed by atoms with van der Waals surface area (Å²) in [6.07, 6.45) is -1.77. The first-order chi connectivity index (χ1) is 6.97. The third kappa shape index (κ3) is 6.43. The molecule has 88 valence electrons. The van der Waals surface area contributed by atoms with Crippen molar-refractivity contribution in [3.63, 3.8) is 0 Å². The van der Waals surface area contributed by atoms with Crippen molar-refractivity contribution in [3.8, 4) is 0 Å². The fraction of sp³-hybridized carbons (Fsp3) is 1.00. The van der Waals surface area contributed by atoms with Crippen LogP contribution in [0.25, 0.3) is 0 Å². The van der Waals surface area contributed by atoms with Crippen molar-refractivity contribution >= 4 is 0 Å². The van der Waals surface area contributed by atoms with E-state index < -0.39 is 22.4 Å². The van der Waals surface area contributed by atoms with Crippen molar-refractivity contribution < 1.29 is 25.0 Å². The van der Waals surface area contributed by atoms with E-state index >= 15 is 0 Å². The molecule has 0 saturated carbocycles. The average molecular weight is 224 g/mol. The molecular weight excluding hydrogens is 212 g/mol. The van der Waals surface area contributed by atoms with Gasteiger partial charge in [0.2, 0.25) is 0 Å². The minimum absolute atomic E-state index is 0.104. The summed E-state index contributed by atoms with van der Waals surface area (Å²) in [6.45, 7) is 1.11. The first kappa shape index (κ1) is 13.4. The molecule has 0 bridgehead atoms. The van der Waals surface area contributed by atoms with E-state index in [1.807, 2.05) is 0 Å². The Morgan fingerprint density at radius 3 is 2.20 bits per heavy atom. The summed E-state index contributed by atoms with van der Waals surface area (Å²) < 4.78 is 0. The van der Waals surface area contributed by atoms with Crippen LogP contribution in [0.2, 0.25) is 0 Å². The topological polar surface area (TPSA) is 125 Å². The van der Waals surface area contributed by atoms with Crippen LogP contribution in [0.15, 0.2) is 0 Å². The minimum atomic E-state index is -1.06. The van der Waals surface area contributed by atoms with Gasteiger partial charge in [-0.3, -0.25) is 0 Å². The first-order valence-electron chi connectivity index (χ1n) is 4.20. The summed E-state index contributed by atoms with van der Waals surface area (Å²) in [5.74, 6) is 0. The minimum Gasteiger partial charge on any atom is -0.396 e. The van der Waals surface area contributed by atoms with E-state index in [-0.39, 0.29) is 19.4 Å². The lowest BCUT2D eigenvalue weighted by Gasteiger charge is -2.19. The van der Waals surface area contributed by atoms with Crippen LogP contribution in [0, 0.1) is 20.2 Å². The summed E-state index contributed by atoms with van der Waals surface area (Å²) in [5.41, 5.74) is 0. The van der Waals surface area contributed by atoms with E-state index in [0.717, 1.165) is 0 Å². The number of nitrogens with zero attached hydrogens (tertiary/aromatic N) is 2. The molecular formula is C6H12N2O7. The highest BCUT2D eigenvalue weighted by atomic mass is 17.0. The molecule has 15 heavy (non-hydrogen) atoms. The van der Waals surface area contributed by atoms with Gasteiger partial charge in [-0.25, -0.2) is 0 Å². The molecule has 0 heterocycles. The molecule has 0 aromatic rings. The molecule has 0 aliphatic heterocycles. The summed E-state index contributed by atoms with van der Waals surface area (Å²) in [6, 6.07) is 0. The van der Waals surface area contributed by atoms with Crippen LogP contribution in [0.5, 0.6) is 0 Å². The predicted octanol–water partition coefficient (Wildman–Crippen LogP) is -0.0674. The smallest absolute Gasteiger partial charge is 0.294 e. The molecule has 0 radical (unpaired) electrons. The average Bonchev–Trinajstić information content (AvgIpc) is 2.10. The van der Waals surface area contributed by atoms with Crippen molar-refractivity contribution in [1.82, 2.24) is 0 Å². The van der Waals surface area contributed by atoms with E-state index in [0.29, 0.717) is 0 Å². The largest absolute Gasteiger partial charge is 0.396 e. The molecule has 0 spiro atoms. The van der Waals surface area contributed by atoms with Crippen molar-refractivity contribution in [2.45, 2.75) is 32.0 Å². The molecule has 1 N–H and O–H groups in total. The Bertz CT molecular complexity index is 222. The molecule has 0 aliphatic rings. The highest BCUT2D eigenvalue weighted by Crippen LogP contribution is 2.10. The van der Waals surface area contributed by atoms with Gasteiger partial charge in [0.15, 0.2) is 0 Å². The Kier molecular flexibility index (Phi) is 6.02. The van der Waals surface area contributed by atoms with Gasteiger partial charge in [-0.1, -0.05) is 0 Å². The second kappa shape index (κ2) is 6.76. The van der Waals surface area contributed by atoms with E-state index in [1.165, 1.54) is 6.92 Å². The zero-order chi connectivity index (χ0) is 11.8. The maximum atomic E-state index is 10.1. The zero-order valence-corrected chi connectivity index (χ0v) is 8.07. The number of rotatable bonds is 8. The van der Waals surface area contributed by atoms with Crippen molar-refractivity contribution in [1.29, 1.82) is 0 Å². The van der Waals surface area contributed by atoms with Gasteiger partial charge in [-0.2, -0.15) is 0 Å². The molecule has 0 rings (SSSR count). The fourth-order valence-electron chi connectivity index (χ4n) is 0.980. The summed E-state index contributed by atoms with van der Waals surface area (Å²) in [4.78, 5) is 28.4. The number of hydrogen-bond acceptors (Lipinski definition) is 7.